The van der Waals surface area contributed by atoms with Gasteiger partial charge in [-0.25, -0.2) is 4.98 Å². The van der Waals surface area contributed by atoms with Gasteiger partial charge in [-0.1, -0.05) is 72.8 Å². The molecule has 0 spiro atoms. The summed E-state index contributed by atoms with van der Waals surface area (Å²) >= 11 is 0. The van der Waals surface area contributed by atoms with Crippen molar-refractivity contribution in [2.75, 3.05) is 34.8 Å². The van der Waals surface area contributed by atoms with Crippen LogP contribution in [0.25, 0.3) is 38.5 Å². The van der Waals surface area contributed by atoms with Gasteiger partial charge in [0.25, 0.3) is 10.1 Å². The summed E-state index contributed by atoms with van der Waals surface area (Å²) in [5.41, 5.74) is 8.70. The number of fused-ring (bicyclic) bond motifs is 4. The molecule has 0 bridgehead atoms. The first-order valence-electron chi connectivity index (χ1n) is 17.0. The molecular formula is C41H40N5O3S+. The van der Waals surface area contributed by atoms with E-state index in [1.165, 1.54) is 11.6 Å². The maximum Gasteiger partial charge on any atom is 0.296 e. The first-order chi connectivity index (χ1) is 24.3. The SMILES string of the molecule is CCN(Cc1ccccc1)c1ccc2nc3c4ccccc4c(Nc4ccc(N(CC)CC)c(S(=O)(=O)O)c4)cc3[n+](-c3ccccc3)c2c1. The molecule has 0 radical (unpaired) electrons. The highest BCUT2D eigenvalue weighted by Crippen LogP contribution is 2.36. The van der Waals surface area contributed by atoms with Crippen molar-refractivity contribution in [1.82, 2.24) is 4.98 Å². The smallest absolute Gasteiger partial charge is 0.296 e. The van der Waals surface area contributed by atoms with E-state index in [4.69, 9.17) is 4.98 Å². The Balaban J connectivity index is 1.45. The van der Waals surface area contributed by atoms with Crippen molar-refractivity contribution in [2.45, 2.75) is 32.2 Å². The lowest BCUT2D eigenvalue weighted by Gasteiger charge is -2.24. The Morgan fingerprint density at radius 2 is 1.36 bits per heavy atom. The third-order valence-electron chi connectivity index (χ3n) is 9.27. The summed E-state index contributed by atoms with van der Waals surface area (Å²) in [5.74, 6) is 0. The predicted molar refractivity (Wildman–Crippen MR) is 205 cm³/mol. The van der Waals surface area contributed by atoms with Gasteiger partial charge in [0.2, 0.25) is 16.7 Å². The molecule has 0 aliphatic carbocycles. The van der Waals surface area contributed by atoms with Gasteiger partial charge in [-0.3, -0.25) is 4.55 Å². The van der Waals surface area contributed by atoms with Gasteiger partial charge < -0.3 is 15.1 Å². The van der Waals surface area contributed by atoms with E-state index in [0.29, 0.717) is 24.5 Å². The van der Waals surface area contributed by atoms with Crippen molar-refractivity contribution in [3.63, 3.8) is 0 Å². The summed E-state index contributed by atoms with van der Waals surface area (Å²) in [6.07, 6.45) is 0. The molecule has 1 heterocycles. The first-order valence-corrected chi connectivity index (χ1v) is 18.4. The van der Waals surface area contributed by atoms with E-state index >= 15 is 0 Å². The Bertz CT molecular complexity index is 2430. The molecule has 9 heteroatoms. The maximum atomic E-state index is 12.6. The predicted octanol–water partition coefficient (Wildman–Crippen LogP) is 8.68. The number of hydrogen-bond acceptors (Lipinski definition) is 6. The zero-order valence-corrected chi connectivity index (χ0v) is 29.2. The van der Waals surface area contributed by atoms with Crippen LogP contribution in [0.1, 0.15) is 26.3 Å². The van der Waals surface area contributed by atoms with E-state index in [-0.39, 0.29) is 4.90 Å². The van der Waals surface area contributed by atoms with Crippen LogP contribution in [0.15, 0.2) is 132 Å². The van der Waals surface area contributed by atoms with Crippen molar-refractivity contribution >= 4 is 65.7 Å². The summed E-state index contributed by atoms with van der Waals surface area (Å²) < 4.78 is 37.7. The van der Waals surface area contributed by atoms with Crippen LogP contribution in [0.2, 0.25) is 0 Å². The molecule has 252 valence electrons. The molecule has 8 nitrogen and oxygen atoms in total. The fourth-order valence-corrected chi connectivity index (χ4v) is 7.53. The van der Waals surface area contributed by atoms with Gasteiger partial charge in [0.1, 0.15) is 15.9 Å². The Labute approximate surface area is 293 Å². The second-order valence-electron chi connectivity index (χ2n) is 12.2. The van der Waals surface area contributed by atoms with Gasteiger partial charge in [0, 0.05) is 72.6 Å². The zero-order valence-electron chi connectivity index (χ0n) is 28.4. The number of anilines is 4. The van der Waals surface area contributed by atoms with Crippen molar-refractivity contribution < 1.29 is 17.5 Å². The maximum absolute atomic E-state index is 12.6. The van der Waals surface area contributed by atoms with E-state index in [2.05, 4.69) is 88.4 Å². The number of hydrogen-bond donors (Lipinski definition) is 2. The molecule has 1 aromatic heterocycles. The minimum Gasteiger partial charge on any atom is -0.371 e. The van der Waals surface area contributed by atoms with Gasteiger partial charge in [0.15, 0.2) is 0 Å². The molecule has 0 atom stereocenters. The van der Waals surface area contributed by atoms with Crippen molar-refractivity contribution in [1.29, 1.82) is 0 Å². The Morgan fingerprint density at radius 1 is 0.700 bits per heavy atom. The number of rotatable bonds is 11. The second-order valence-corrected chi connectivity index (χ2v) is 13.6. The van der Waals surface area contributed by atoms with Gasteiger partial charge >= 0.3 is 0 Å². The van der Waals surface area contributed by atoms with Crippen LogP contribution < -0.4 is 19.7 Å². The largest absolute Gasteiger partial charge is 0.371 e. The van der Waals surface area contributed by atoms with Crippen molar-refractivity contribution in [3.05, 3.63) is 133 Å². The summed E-state index contributed by atoms with van der Waals surface area (Å²) in [6.45, 7) is 8.91. The first kappa shape index (κ1) is 33.0. The highest BCUT2D eigenvalue weighted by molar-refractivity contribution is 7.86. The van der Waals surface area contributed by atoms with E-state index in [0.717, 1.165) is 63.0 Å². The third kappa shape index (κ3) is 6.33. The highest BCUT2D eigenvalue weighted by Gasteiger charge is 2.25. The summed E-state index contributed by atoms with van der Waals surface area (Å²) in [6, 6.07) is 42.5. The lowest BCUT2D eigenvalue weighted by atomic mass is 10.0. The quantitative estimate of drug-likeness (QED) is 0.0611. The van der Waals surface area contributed by atoms with Crippen molar-refractivity contribution in [2.24, 2.45) is 0 Å². The molecule has 0 saturated heterocycles. The molecule has 2 N–H and O–H groups in total. The van der Waals surface area contributed by atoms with Crippen LogP contribution in [-0.4, -0.2) is 37.6 Å². The van der Waals surface area contributed by atoms with E-state index in [1.54, 1.807) is 6.07 Å². The van der Waals surface area contributed by atoms with E-state index in [9.17, 15) is 13.0 Å². The molecule has 50 heavy (non-hydrogen) atoms. The standard InChI is InChI=1S/C41H39N5O3S/c1-4-44(5-2)37-24-21-30(25-40(37)50(47,48)49)42-36-27-39-41(34-20-14-13-19-33(34)36)43-35-23-22-32(45(6-3)28-29-15-9-7-10-16-29)26-38(35)46(39)31-17-11-8-12-18-31/h7-27H,4-6,28H2,1-3H3,(H,47,48,49)/p+1. The van der Waals surface area contributed by atoms with Crippen molar-refractivity contribution in [3.8, 4) is 5.69 Å². The van der Waals surface area contributed by atoms with Gasteiger partial charge in [-0.15, -0.1) is 4.57 Å². The van der Waals surface area contributed by atoms with Gasteiger partial charge in [-0.2, -0.15) is 8.42 Å². The average Bonchev–Trinajstić information content (AvgIpc) is 3.14. The third-order valence-corrected chi connectivity index (χ3v) is 10.2. The van der Waals surface area contributed by atoms with Gasteiger partial charge in [0.05, 0.1) is 11.4 Å². The molecule has 7 aromatic rings. The summed E-state index contributed by atoms with van der Waals surface area (Å²) in [7, 11) is -4.49. The number of nitrogens with one attached hydrogen (secondary N) is 1. The molecule has 0 unspecified atom stereocenters. The Kier molecular flexibility index (Phi) is 9.10. The van der Waals surface area contributed by atoms with Crippen LogP contribution in [0.5, 0.6) is 0 Å². The molecule has 0 amide bonds. The average molecular weight is 683 g/mol. The molecule has 7 rings (SSSR count). The Hall–Kier alpha value is -5.51. The van der Waals surface area contributed by atoms with Crippen LogP contribution >= 0.6 is 0 Å². The van der Waals surface area contributed by atoms with Gasteiger partial charge in [-0.05, 0) is 56.7 Å². The van der Waals surface area contributed by atoms with E-state index < -0.39 is 10.1 Å². The molecule has 6 aromatic carbocycles. The van der Waals surface area contributed by atoms with Crippen LogP contribution in [0.4, 0.5) is 22.7 Å². The summed E-state index contributed by atoms with van der Waals surface area (Å²) in [4.78, 5) is 9.39. The van der Waals surface area contributed by atoms with Crippen LogP contribution in [0.3, 0.4) is 0 Å². The van der Waals surface area contributed by atoms with E-state index in [1.807, 2.05) is 67.3 Å². The molecule has 0 saturated carbocycles. The minimum atomic E-state index is -4.49. The number of aromatic nitrogens is 2. The Morgan fingerprint density at radius 3 is 2.04 bits per heavy atom. The number of para-hydroxylation sites is 1. The lowest BCUT2D eigenvalue weighted by Crippen LogP contribution is -2.33. The lowest BCUT2D eigenvalue weighted by molar-refractivity contribution is -0.538. The van der Waals surface area contributed by atoms with Crippen LogP contribution in [0, 0.1) is 0 Å². The molecule has 0 aliphatic heterocycles. The number of benzene rings is 6. The fourth-order valence-electron chi connectivity index (χ4n) is 6.79. The normalized spacial score (nSPS) is 11.7. The highest BCUT2D eigenvalue weighted by atomic mass is 32.2. The fraction of sp³-hybridized carbons (Fsp3) is 0.171. The molecular weight excluding hydrogens is 643 g/mol. The van der Waals surface area contributed by atoms with Crippen LogP contribution in [-0.2, 0) is 16.7 Å². The topological polar surface area (TPSA) is 89.7 Å². The second kappa shape index (κ2) is 13.8. The number of nitrogens with zero attached hydrogens (tertiary/aromatic N) is 4. The zero-order chi connectivity index (χ0) is 34.8. The minimum absolute atomic E-state index is 0.133. The molecule has 0 fully saturated rings. The summed E-state index contributed by atoms with van der Waals surface area (Å²) in [5, 5.41) is 5.39. The monoisotopic (exact) mass is 682 g/mol. The molecule has 0 aliphatic rings.